The summed E-state index contributed by atoms with van der Waals surface area (Å²) in [4.78, 5) is 11.8. The Balaban J connectivity index is 1.50. The molecule has 1 aromatic heterocycles. The number of nitrogens with zero attached hydrogens (tertiary/aromatic N) is 3. The molecule has 0 atom stereocenters. The molecule has 1 aliphatic heterocycles. The van der Waals surface area contributed by atoms with Gasteiger partial charge in [0.15, 0.2) is 5.96 Å². The summed E-state index contributed by atoms with van der Waals surface area (Å²) in [6.45, 7) is 12.0. The molecule has 0 amide bonds. The zero-order chi connectivity index (χ0) is 21.6. The number of hydrogen-bond donors (Lipinski definition) is 2. The van der Waals surface area contributed by atoms with Crippen LogP contribution in [0.15, 0.2) is 34.6 Å². The highest BCUT2D eigenvalue weighted by molar-refractivity contribution is 7.09. The van der Waals surface area contributed by atoms with Crippen molar-refractivity contribution in [1.29, 1.82) is 0 Å². The standard InChI is InChI=1S/C23H34FN5S/c1-5-25-22(26-12-9-21-28-20(16-30-21)23(2,3)4)27-18-10-13-29(14-11-18)19-8-6-7-17(24)15-19/h6-8,15-16,18H,5,9-14H2,1-4H3,(H2,25,26,27). The molecule has 7 heteroatoms. The van der Waals surface area contributed by atoms with Crippen molar-refractivity contribution in [2.24, 2.45) is 4.99 Å². The molecule has 0 aliphatic carbocycles. The third-order valence-electron chi connectivity index (χ3n) is 5.27. The predicted molar refractivity (Wildman–Crippen MR) is 125 cm³/mol. The molecular formula is C23H34FN5S. The number of thiazole rings is 1. The van der Waals surface area contributed by atoms with Crippen LogP contribution in [-0.4, -0.2) is 43.2 Å². The Bertz CT molecular complexity index is 834. The largest absolute Gasteiger partial charge is 0.371 e. The van der Waals surface area contributed by atoms with Gasteiger partial charge in [0.25, 0.3) is 0 Å². The molecule has 2 aromatic rings. The van der Waals surface area contributed by atoms with E-state index in [1.54, 1.807) is 23.5 Å². The third-order valence-corrected chi connectivity index (χ3v) is 6.18. The maximum absolute atomic E-state index is 13.5. The molecule has 0 saturated carbocycles. The Kier molecular flexibility index (Phi) is 7.69. The van der Waals surface area contributed by atoms with Crippen LogP contribution in [0.25, 0.3) is 0 Å². The van der Waals surface area contributed by atoms with Gasteiger partial charge in [-0.15, -0.1) is 11.3 Å². The van der Waals surface area contributed by atoms with E-state index in [2.05, 4.69) is 48.6 Å². The number of nitrogens with one attached hydrogen (secondary N) is 2. The number of halogens is 1. The number of piperidine rings is 1. The molecule has 1 fully saturated rings. The Morgan fingerprint density at radius 2 is 2.07 bits per heavy atom. The average molecular weight is 432 g/mol. The summed E-state index contributed by atoms with van der Waals surface area (Å²) in [6, 6.07) is 7.24. The van der Waals surface area contributed by atoms with Crippen molar-refractivity contribution in [2.45, 2.75) is 58.4 Å². The maximum Gasteiger partial charge on any atom is 0.191 e. The lowest BCUT2D eigenvalue weighted by Crippen LogP contribution is -2.48. The van der Waals surface area contributed by atoms with Gasteiger partial charge in [-0.2, -0.15) is 0 Å². The SMILES string of the molecule is CCNC(=NCCc1nc(C(C)(C)C)cs1)NC1CCN(c2cccc(F)c2)CC1. The summed E-state index contributed by atoms with van der Waals surface area (Å²) in [6.07, 6.45) is 2.86. The lowest BCUT2D eigenvalue weighted by Gasteiger charge is -2.34. The lowest BCUT2D eigenvalue weighted by molar-refractivity contribution is 0.461. The minimum atomic E-state index is -0.177. The monoisotopic (exact) mass is 431 g/mol. The van der Waals surface area contributed by atoms with Gasteiger partial charge in [0.05, 0.1) is 10.7 Å². The van der Waals surface area contributed by atoms with Gasteiger partial charge in [-0.1, -0.05) is 26.8 Å². The number of aromatic nitrogens is 1. The first kappa shape index (κ1) is 22.5. The molecule has 30 heavy (non-hydrogen) atoms. The van der Waals surface area contributed by atoms with Gasteiger partial charge in [0.1, 0.15) is 5.82 Å². The van der Waals surface area contributed by atoms with E-state index in [0.717, 1.165) is 61.2 Å². The normalized spacial score (nSPS) is 16.0. The molecular weight excluding hydrogens is 397 g/mol. The Hall–Kier alpha value is -2.15. The molecule has 1 aliphatic rings. The predicted octanol–water partition coefficient (Wildman–Crippen LogP) is 4.35. The van der Waals surface area contributed by atoms with Crippen LogP contribution in [-0.2, 0) is 11.8 Å². The number of benzene rings is 1. The van der Waals surface area contributed by atoms with Gasteiger partial charge >= 0.3 is 0 Å². The highest BCUT2D eigenvalue weighted by Gasteiger charge is 2.21. The van der Waals surface area contributed by atoms with Crippen LogP contribution in [0, 0.1) is 5.82 Å². The fraction of sp³-hybridized carbons (Fsp3) is 0.565. The van der Waals surface area contributed by atoms with E-state index in [0.29, 0.717) is 12.6 Å². The Morgan fingerprint density at radius 3 is 2.70 bits per heavy atom. The molecule has 0 unspecified atom stereocenters. The maximum atomic E-state index is 13.5. The molecule has 1 saturated heterocycles. The Morgan fingerprint density at radius 1 is 1.30 bits per heavy atom. The van der Waals surface area contributed by atoms with Crippen molar-refractivity contribution in [1.82, 2.24) is 15.6 Å². The number of rotatable bonds is 6. The number of aliphatic imine (C=N–C) groups is 1. The van der Waals surface area contributed by atoms with Crippen LogP contribution >= 0.6 is 11.3 Å². The van der Waals surface area contributed by atoms with Crippen LogP contribution < -0.4 is 15.5 Å². The number of anilines is 1. The second-order valence-electron chi connectivity index (χ2n) is 8.77. The van der Waals surface area contributed by atoms with E-state index in [9.17, 15) is 4.39 Å². The van der Waals surface area contributed by atoms with Gasteiger partial charge in [-0.3, -0.25) is 4.99 Å². The van der Waals surface area contributed by atoms with E-state index >= 15 is 0 Å². The fourth-order valence-corrected chi connectivity index (χ4v) is 4.52. The molecule has 5 nitrogen and oxygen atoms in total. The van der Waals surface area contributed by atoms with E-state index in [4.69, 9.17) is 9.98 Å². The summed E-state index contributed by atoms with van der Waals surface area (Å²) in [5.74, 6) is 0.693. The summed E-state index contributed by atoms with van der Waals surface area (Å²) in [5.41, 5.74) is 2.21. The molecule has 0 radical (unpaired) electrons. The zero-order valence-corrected chi connectivity index (χ0v) is 19.4. The summed E-state index contributed by atoms with van der Waals surface area (Å²) in [7, 11) is 0. The molecule has 0 bridgehead atoms. The van der Waals surface area contributed by atoms with Gasteiger partial charge in [0, 0.05) is 55.1 Å². The van der Waals surface area contributed by atoms with Crippen LogP contribution in [0.5, 0.6) is 0 Å². The smallest absolute Gasteiger partial charge is 0.191 e. The molecule has 1 aromatic carbocycles. The first-order valence-electron chi connectivity index (χ1n) is 10.9. The quantitative estimate of drug-likeness (QED) is 0.528. The van der Waals surface area contributed by atoms with Crippen molar-refractivity contribution >= 4 is 23.0 Å². The number of guanidine groups is 1. The van der Waals surface area contributed by atoms with Crippen LogP contribution in [0.4, 0.5) is 10.1 Å². The van der Waals surface area contributed by atoms with Crippen LogP contribution in [0.1, 0.15) is 51.2 Å². The van der Waals surface area contributed by atoms with Gasteiger partial charge in [0.2, 0.25) is 0 Å². The van der Waals surface area contributed by atoms with Crippen molar-refractivity contribution in [3.05, 3.63) is 46.2 Å². The Labute approximate surface area is 183 Å². The molecule has 2 N–H and O–H groups in total. The van der Waals surface area contributed by atoms with E-state index in [-0.39, 0.29) is 11.2 Å². The van der Waals surface area contributed by atoms with Gasteiger partial charge in [-0.05, 0) is 38.0 Å². The van der Waals surface area contributed by atoms with Crippen molar-refractivity contribution < 1.29 is 4.39 Å². The fourth-order valence-electron chi connectivity index (χ4n) is 3.50. The topological polar surface area (TPSA) is 52.6 Å². The summed E-state index contributed by atoms with van der Waals surface area (Å²) in [5, 5.41) is 10.2. The molecule has 0 spiro atoms. The minimum Gasteiger partial charge on any atom is -0.371 e. The van der Waals surface area contributed by atoms with E-state index in [1.807, 2.05) is 6.07 Å². The summed E-state index contributed by atoms with van der Waals surface area (Å²) < 4.78 is 13.5. The minimum absolute atomic E-state index is 0.0921. The van der Waals surface area contributed by atoms with E-state index in [1.165, 1.54) is 6.07 Å². The van der Waals surface area contributed by atoms with Crippen molar-refractivity contribution in [2.75, 3.05) is 31.1 Å². The highest BCUT2D eigenvalue weighted by atomic mass is 32.1. The molecule has 164 valence electrons. The van der Waals surface area contributed by atoms with Crippen LogP contribution in [0.2, 0.25) is 0 Å². The average Bonchev–Trinajstić information content (AvgIpc) is 3.18. The molecule has 3 rings (SSSR count). The van der Waals surface area contributed by atoms with Crippen LogP contribution in [0.3, 0.4) is 0 Å². The third kappa shape index (κ3) is 6.42. The van der Waals surface area contributed by atoms with E-state index < -0.39 is 0 Å². The summed E-state index contributed by atoms with van der Waals surface area (Å²) >= 11 is 1.72. The lowest BCUT2D eigenvalue weighted by atomic mass is 9.93. The van der Waals surface area contributed by atoms with Crippen molar-refractivity contribution in [3.8, 4) is 0 Å². The zero-order valence-electron chi connectivity index (χ0n) is 18.5. The first-order valence-corrected chi connectivity index (χ1v) is 11.7. The van der Waals surface area contributed by atoms with Gasteiger partial charge in [-0.25, -0.2) is 9.37 Å². The second kappa shape index (κ2) is 10.2. The number of hydrogen-bond acceptors (Lipinski definition) is 4. The second-order valence-corrected chi connectivity index (χ2v) is 9.72. The first-order chi connectivity index (χ1) is 14.3. The van der Waals surface area contributed by atoms with Crippen molar-refractivity contribution in [3.63, 3.8) is 0 Å². The molecule has 2 heterocycles. The highest BCUT2D eigenvalue weighted by Crippen LogP contribution is 2.24. The van der Waals surface area contributed by atoms with Gasteiger partial charge < -0.3 is 15.5 Å².